The summed E-state index contributed by atoms with van der Waals surface area (Å²) >= 11 is 2.26. The van der Waals surface area contributed by atoms with E-state index in [0.29, 0.717) is 11.1 Å². The minimum atomic E-state index is -0.119. The van der Waals surface area contributed by atoms with Crippen LogP contribution >= 0.6 is 22.6 Å². The van der Waals surface area contributed by atoms with Crippen molar-refractivity contribution in [3.05, 3.63) is 105 Å². The third kappa shape index (κ3) is 4.38. The largest absolute Gasteiger partial charge is 0.354 e. The quantitative estimate of drug-likeness (QED) is 0.317. The molecule has 3 aromatic carbocycles. The van der Waals surface area contributed by atoms with Crippen LogP contribution in [0.4, 0.5) is 5.69 Å². The highest BCUT2D eigenvalue weighted by Gasteiger charge is 2.09. The van der Waals surface area contributed by atoms with Gasteiger partial charge in [0.05, 0.1) is 17.3 Å². The van der Waals surface area contributed by atoms with Gasteiger partial charge in [0.2, 0.25) is 0 Å². The van der Waals surface area contributed by atoms with Crippen LogP contribution in [0.2, 0.25) is 0 Å². The Morgan fingerprint density at radius 3 is 2.19 bits per heavy atom. The van der Waals surface area contributed by atoms with Crippen molar-refractivity contribution in [2.24, 2.45) is 0 Å². The molecule has 0 spiro atoms. The molecule has 3 aromatic rings. The monoisotopic (exact) mass is 450 g/mol. The van der Waals surface area contributed by atoms with Gasteiger partial charge >= 0.3 is 0 Å². The molecule has 0 aromatic heterocycles. The SMILES string of the molecule is N#Cc1ccc(C(=O)/C=C(/Nc2ccccc2I)c2ccccc2)cc1. The summed E-state index contributed by atoms with van der Waals surface area (Å²) < 4.78 is 1.07. The Morgan fingerprint density at radius 1 is 0.885 bits per heavy atom. The standard InChI is InChI=1S/C22H15IN2O/c23-19-8-4-5-9-20(19)25-21(17-6-2-1-3-7-17)14-22(26)18-12-10-16(15-24)11-13-18/h1-14,25H/b21-14+. The smallest absolute Gasteiger partial charge is 0.187 e. The van der Waals surface area contributed by atoms with E-state index in [1.54, 1.807) is 30.3 Å². The molecule has 0 bridgehead atoms. The van der Waals surface area contributed by atoms with Crippen LogP contribution < -0.4 is 5.32 Å². The summed E-state index contributed by atoms with van der Waals surface area (Å²) in [5.74, 6) is -0.119. The van der Waals surface area contributed by atoms with E-state index in [1.165, 1.54) is 0 Å². The Kier molecular flexibility index (Phi) is 5.82. The molecule has 3 nitrogen and oxygen atoms in total. The van der Waals surface area contributed by atoms with Crippen molar-refractivity contribution in [3.8, 4) is 6.07 Å². The maximum Gasteiger partial charge on any atom is 0.187 e. The molecule has 3 rings (SSSR count). The van der Waals surface area contributed by atoms with Crippen molar-refractivity contribution in [2.45, 2.75) is 0 Å². The molecular weight excluding hydrogens is 435 g/mol. The molecule has 126 valence electrons. The number of halogens is 1. The fourth-order valence-corrected chi connectivity index (χ4v) is 2.96. The van der Waals surface area contributed by atoms with E-state index in [9.17, 15) is 4.79 Å². The second-order valence-electron chi connectivity index (χ2n) is 5.58. The number of benzene rings is 3. The number of nitrogens with zero attached hydrogens (tertiary/aromatic N) is 1. The normalized spacial score (nSPS) is 10.8. The van der Waals surface area contributed by atoms with Gasteiger partial charge in [-0.2, -0.15) is 5.26 Å². The number of carbonyl (C=O) groups excluding carboxylic acids is 1. The lowest BCUT2D eigenvalue weighted by Gasteiger charge is -2.13. The lowest BCUT2D eigenvalue weighted by molar-refractivity contribution is 0.104. The predicted molar refractivity (Wildman–Crippen MR) is 113 cm³/mol. The average molecular weight is 450 g/mol. The summed E-state index contributed by atoms with van der Waals surface area (Å²) in [5.41, 5.74) is 3.67. The number of anilines is 1. The Bertz CT molecular complexity index is 987. The van der Waals surface area contributed by atoms with Gasteiger partial charge in [0, 0.05) is 20.9 Å². The molecule has 0 amide bonds. The molecule has 0 atom stereocenters. The van der Waals surface area contributed by atoms with Gasteiger partial charge in [0.25, 0.3) is 0 Å². The number of nitriles is 1. The third-order valence-electron chi connectivity index (χ3n) is 3.80. The minimum absolute atomic E-state index is 0.119. The molecule has 0 heterocycles. The van der Waals surface area contributed by atoms with Crippen LogP contribution in [0.15, 0.2) is 84.9 Å². The van der Waals surface area contributed by atoms with Gasteiger partial charge in [0.1, 0.15) is 0 Å². The van der Waals surface area contributed by atoms with Gasteiger partial charge < -0.3 is 5.32 Å². The third-order valence-corrected chi connectivity index (χ3v) is 4.74. The Hall–Kier alpha value is -2.91. The Labute approximate surface area is 166 Å². The summed E-state index contributed by atoms with van der Waals surface area (Å²) in [6, 6.07) is 26.3. The number of para-hydroxylation sites is 1. The zero-order valence-corrected chi connectivity index (χ0v) is 16.0. The molecule has 4 heteroatoms. The molecule has 0 saturated carbocycles. The first-order valence-electron chi connectivity index (χ1n) is 8.00. The molecule has 0 unspecified atom stereocenters. The topological polar surface area (TPSA) is 52.9 Å². The van der Waals surface area contributed by atoms with Crippen LogP contribution in [0.3, 0.4) is 0 Å². The van der Waals surface area contributed by atoms with Crippen LogP contribution in [0, 0.1) is 14.9 Å². The highest BCUT2D eigenvalue weighted by molar-refractivity contribution is 14.1. The number of hydrogen-bond donors (Lipinski definition) is 1. The molecule has 0 aliphatic heterocycles. The van der Waals surface area contributed by atoms with Crippen LogP contribution in [-0.4, -0.2) is 5.78 Å². The van der Waals surface area contributed by atoms with E-state index >= 15 is 0 Å². The maximum atomic E-state index is 12.7. The Morgan fingerprint density at radius 2 is 1.54 bits per heavy atom. The zero-order chi connectivity index (χ0) is 18.4. The number of carbonyl (C=O) groups is 1. The first-order valence-corrected chi connectivity index (χ1v) is 9.08. The lowest BCUT2D eigenvalue weighted by Crippen LogP contribution is -2.04. The van der Waals surface area contributed by atoms with Crippen LogP contribution in [0.1, 0.15) is 21.5 Å². The minimum Gasteiger partial charge on any atom is -0.354 e. The first-order chi connectivity index (χ1) is 12.7. The van der Waals surface area contributed by atoms with Crippen LogP contribution in [0.25, 0.3) is 5.70 Å². The van der Waals surface area contributed by atoms with Gasteiger partial charge in [-0.3, -0.25) is 4.79 Å². The summed E-state index contributed by atoms with van der Waals surface area (Å²) in [4.78, 5) is 12.7. The van der Waals surface area contributed by atoms with Crippen molar-refractivity contribution < 1.29 is 4.79 Å². The van der Waals surface area contributed by atoms with Gasteiger partial charge in [-0.05, 0) is 64.6 Å². The van der Waals surface area contributed by atoms with E-state index in [4.69, 9.17) is 5.26 Å². The summed E-state index contributed by atoms with van der Waals surface area (Å²) in [5, 5.41) is 12.3. The Balaban J connectivity index is 1.97. The molecule has 0 saturated heterocycles. The first kappa shape index (κ1) is 17.9. The second-order valence-corrected chi connectivity index (χ2v) is 6.74. The molecule has 0 fully saturated rings. The van der Waals surface area contributed by atoms with Gasteiger partial charge in [0.15, 0.2) is 5.78 Å². The summed E-state index contributed by atoms with van der Waals surface area (Å²) in [6.45, 7) is 0. The molecule has 26 heavy (non-hydrogen) atoms. The van der Waals surface area contributed by atoms with Gasteiger partial charge in [-0.25, -0.2) is 0 Å². The summed E-state index contributed by atoms with van der Waals surface area (Å²) in [6.07, 6.45) is 1.60. The number of nitrogens with one attached hydrogen (secondary N) is 1. The zero-order valence-electron chi connectivity index (χ0n) is 13.8. The van der Waals surface area contributed by atoms with E-state index < -0.39 is 0 Å². The van der Waals surface area contributed by atoms with E-state index in [1.807, 2.05) is 54.6 Å². The fourth-order valence-electron chi connectivity index (χ4n) is 2.44. The fraction of sp³-hybridized carbons (Fsp3) is 0. The number of ketones is 1. The molecule has 0 aliphatic rings. The van der Waals surface area contributed by atoms with Crippen molar-refractivity contribution in [3.63, 3.8) is 0 Å². The van der Waals surface area contributed by atoms with E-state index in [2.05, 4.69) is 34.0 Å². The highest BCUT2D eigenvalue weighted by atomic mass is 127. The van der Waals surface area contributed by atoms with Crippen molar-refractivity contribution in [2.75, 3.05) is 5.32 Å². The van der Waals surface area contributed by atoms with Crippen molar-refractivity contribution in [1.29, 1.82) is 5.26 Å². The maximum absolute atomic E-state index is 12.7. The van der Waals surface area contributed by atoms with E-state index in [0.717, 1.165) is 20.5 Å². The molecule has 0 radical (unpaired) electrons. The number of allylic oxidation sites excluding steroid dienone is 1. The number of hydrogen-bond acceptors (Lipinski definition) is 3. The molecule has 1 N–H and O–H groups in total. The van der Waals surface area contributed by atoms with Crippen LogP contribution in [-0.2, 0) is 0 Å². The summed E-state index contributed by atoms with van der Waals surface area (Å²) in [7, 11) is 0. The van der Waals surface area contributed by atoms with Gasteiger partial charge in [-0.1, -0.05) is 42.5 Å². The highest BCUT2D eigenvalue weighted by Crippen LogP contribution is 2.23. The second kappa shape index (κ2) is 8.45. The van der Waals surface area contributed by atoms with E-state index in [-0.39, 0.29) is 5.78 Å². The molecule has 0 aliphatic carbocycles. The van der Waals surface area contributed by atoms with Gasteiger partial charge in [-0.15, -0.1) is 0 Å². The predicted octanol–water partition coefficient (Wildman–Crippen LogP) is 5.50. The average Bonchev–Trinajstić information content (AvgIpc) is 2.69. The lowest BCUT2D eigenvalue weighted by atomic mass is 10.0. The molecular formula is C22H15IN2O. The van der Waals surface area contributed by atoms with Crippen molar-refractivity contribution in [1.82, 2.24) is 0 Å². The van der Waals surface area contributed by atoms with Crippen molar-refractivity contribution >= 4 is 39.8 Å². The number of rotatable bonds is 5. The van der Waals surface area contributed by atoms with Crippen LogP contribution in [0.5, 0.6) is 0 Å².